The lowest BCUT2D eigenvalue weighted by molar-refractivity contribution is -0.384. The molecule has 0 aliphatic carbocycles. The number of hydrogen-bond donors (Lipinski definition) is 5. The molecule has 5 amide bonds. The number of urea groups is 1. The molecular formula is C39H47ClN6O10S2. The number of nitro benzene ring substituents is 1. The molecule has 3 aromatic carbocycles. The van der Waals surface area contributed by atoms with Gasteiger partial charge >= 0.3 is 6.03 Å². The quantitative estimate of drug-likeness (QED) is 0.0338. The zero-order chi connectivity index (χ0) is 41.3. The third-order valence-corrected chi connectivity index (χ3v) is 11.9. The normalized spacial score (nSPS) is 16.9. The predicted molar refractivity (Wildman–Crippen MR) is 221 cm³/mol. The molecule has 3 unspecified atom stereocenters. The lowest BCUT2D eigenvalue weighted by Crippen LogP contribution is -2.36. The highest BCUT2D eigenvalue weighted by atomic mass is 35.5. The second-order valence-corrected chi connectivity index (χ2v) is 16.0. The lowest BCUT2D eigenvalue weighted by Gasteiger charge is -2.16. The van der Waals surface area contributed by atoms with Gasteiger partial charge in [-0.1, -0.05) is 29.8 Å². The molecule has 0 radical (unpaired) electrons. The molecular weight excluding hydrogens is 812 g/mol. The van der Waals surface area contributed by atoms with Crippen LogP contribution < -0.4 is 31.3 Å². The number of carbonyl (C=O) groups is 4. The van der Waals surface area contributed by atoms with E-state index < -0.39 is 10.8 Å². The Hall–Kier alpha value is -4.59. The van der Waals surface area contributed by atoms with E-state index in [1.165, 1.54) is 37.1 Å². The molecule has 5 rings (SSSR count). The number of fused-ring (bicyclic) bond motifs is 1. The number of unbranched alkanes of at least 4 members (excludes halogenated alkanes) is 1. The van der Waals surface area contributed by atoms with Gasteiger partial charge in [-0.15, -0.1) is 0 Å². The molecule has 0 spiro atoms. The van der Waals surface area contributed by atoms with Crippen LogP contribution >= 0.6 is 35.1 Å². The fraction of sp³-hybridized carbons (Fsp3) is 0.436. The van der Waals surface area contributed by atoms with Gasteiger partial charge in [0.15, 0.2) is 0 Å². The highest BCUT2D eigenvalue weighted by Crippen LogP contribution is 2.34. The number of nitro groups is 1. The molecule has 19 heteroatoms. The number of nitrogens with zero attached hydrogens (tertiary/aromatic N) is 1. The third-order valence-electron chi connectivity index (χ3n) is 9.11. The summed E-state index contributed by atoms with van der Waals surface area (Å²) < 4.78 is 22.0. The summed E-state index contributed by atoms with van der Waals surface area (Å²) in [6.45, 7) is 2.84. The molecule has 16 nitrogen and oxygen atoms in total. The van der Waals surface area contributed by atoms with E-state index >= 15 is 0 Å². The van der Waals surface area contributed by atoms with E-state index in [0.29, 0.717) is 62.5 Å². The Bertz CT molecular complexity index is 1890. The Morgan fingerprint density at radius 1 is 0.879 bits per heavy atom. The minimum atomic E-state index is -0.474. The number of nitrogens with one attached hydrogen (secondary N) is 5. The second kappa shape index (κ2) is 23.1. The summed E-state index contributed by atoms with van der Waals surface area (Å²) in [5.41, 5.74) is 0.900. The highest BCUT2D eigenvalue weighted by Gasteiger charge is 2.42. The number of ether oxygens (including phenoxy) is 4. The summed E-state index contributed by atoms with van der Waals surface area (Å²) in [4.78, 5) is 61.4. The minimum absolute atomic E-state index is 0.00466. The van der Waals surface area contributed by atoms with Crippen molar-refractivity contribution < 1.29 is 43.0 Å². The SMILES string of the molecule is COc1cc(C(=O)NCCOCCOCCOCCNC(=O)CCCCC2SCC3NC(=O)NC32)ccc1NC(=O)c1ccc(Sc2ccc([N+](=O)[O-])cc2)cc1Cl. The maximum absolute atomic E-state index is 13.1. The van der Waals surface area contributed by atoms with E-state index in [2.05, 4.69) is 26.6 Å². The number of rotatable bonds is 24. The minimum Gasteiger partial charge on any atom is -0.495 e. The van der Waals surface area contributed by atoms with Gasteiger partial charge in [-0.25, -0.2) is 4.79 Å². The van der Waals surface area contributed by atoms with Crippen LogP contribution in [0.3, 0.4) is 0 Å². The molecule has 2 heterocycles. The molecule has 5 N–H and O–H groups in total. The van der Waals surface area contributed by atoms with E-state index in [9.17, 15) is 29.3 Å². The average Bonchev–Trinajstić information content (AvgIpc) is 3.77. The first kappa shape index (κ1) is 44.5. The van der Waals surface area contributed by atoms with Gasteiger partial charge in [0, 0.05) is 58.0 Å². The first-order valence-electron chi connectivity index (χ1n) is 18.8. The number of carbonyl (C=O) groups excluding carboxylic acids is 4. The number of methoxy groups -OCH3 is 1. The number of hydrogen-bond acceptors (Lipinski definition) is 12. The van der Waals surface area contributed by atoms with Crippen molar-refractivity contribution in [3.63, 3.8) is 0 Å². The maximum Gasteiger partial charge on any atom is 0.315 e. The Kier molecular flexibility index (Phi) is 17.7. The van der Waals surface area contributed by atoms with Gasteiger partial charge in [0.05, 0.1) is 80.0 Å². The van der Waals surface area contributed by atoms with Crippen LogP contribution in [0, 0.1) is 10.1 Å². The molecule has 2 aliphatic heterocycles. The smallest absolute Gasteiger partial charge is 0.315 e. The molecule has 2 aliphatic rings. The summed E-state index contributed by atoms with van der Waals surface area (Å²) in [5, 5.41) is 25.9. The van der Waals surface area contributed by atoms with Crippen molar-refractivity contribution >= 4 is 70.3 Å². The standard InChI is InChI=1S/C39H47ClN6O10S2/c1-53-33-22-25(6-13-31(33)43-38(49)29-12-11-28(23-30(29)40)58-27-9-7-26(8-10-27)46(51)52)37(48)42-15-17-55-19-21-56-20-18-54-16-14-41-35(47)5-3-2-4-34-36-32(24-57-34)44-39(50)45-36/h6-13,22-23,32,34,36H,2-5,14-21,24H2,1H3,(H,41,47)(H,42,48)(H,43,49)(H2,44,45,50). The fourth-order valence-electron chi connectivity index (χ4n) is 6.15. The number of thioether (sulfide) groups is 1. The van der Waals surface area contributed by atoms with E-state index in [1.807, 2.05) is 11.8 Å². The van der Waals surface area contributed by atoms with Crippen molar-refractivity contribution in [1.82, 2.24) is 21.3 Å². The van der Waals surface area contributed by atoms with Crippen LogP contribution in [0.1, 0.15) is 46.4 Å². The monoisotopic (exact) mass is 858 g/mol. The Labute approximate surface area is 349 Å². The van der Waals surface area contributed by atoms with Gasteiger partial charge in [-0.3, -0.25) is 24.5 Å². The number of anilines is 1. The average molecular weight is 859 g/mol. The topological polar surface area (TPSA) is 208 Å². The van der Waals surface area contributed by atoms with Gasteiger partial charge in [-0.2, -0.15) is 11.8 Å². The summed E-state index contributed by atoms with van der Waals surface area (Å²) in [6.07, 6.45) is 3.21. The van der Waals surface area contributed by atoms with E-state index in [4.69, 9.17) is 30.5 Å². The van der Waals surface area contributed by atoms with Gasteiger partial charge in [-0.05, 0) is 61.4 Å². The van der Waals surface area contributed by atoms with Crippen molar-refractivity contribution in [2.75, 3.05) is 70.9 Å². The summed E-state index contributed by atoms with van der Waals surface area (Å²) in [5.74, 6) is 0.406. The van der Waals surface area contributed by atoms with Crippen LogP contribution in [0.15, 0.2) is 70.5 Å². The van der Waals surface area contributed by atoms with Crippen LogP contribution in [-0.4, -0.2) is 112 Å². The third kappa shape index (κ3) is 13.8. The van der Waals surface area contributed by atoms with Gasteiger partial charge in [0.1, 0.15) is 5.75 Å². The van der Waals surface area contributed by atoms with Crippen LogP contribution in [0.25, 0.3) is 0 Å². The Morgan fingerprint density at radius 2 is 1.57 bits per heavy atom. The number of amides is 5. The summed E-state index contributed by atoms with van der Waals surface area (Å²) in [6, 6.07) is 16.0. The fourth-order valence-corrected chi connectivity index (χ4v) is 8.88. The Balaban J connectivity index is 0.875. The Morgan fingerprint density at radius 3 is 2.26 bits per heavy atom. The molecule has 3 atom stereocenters. The van der Waals surface area contributed by atoms with E-state index in [1.54, 1.807) is 42.5 Å². The van der Waals surface area contributed by atoms with Crippen LogP contribution in [0.5, 0.6) is 5.75 Å². The first-order valence-corrected chi connectivity index (χ1v) is 21.0. The zero-order valence-corrected chi connectivity index (χ0v) is 34.3. The van der Waals surface area contributed by atoms with Crippen LogP contribution in [-0.2, 0) is 19.0 Å². The zero-order valence-electron chi connectivity index (χ0n) is 31.9. The van der Waals surface area contributed by atoms with Crippen molar-refractivity contribution in [2.45, 2.75) is 52.8 Å². The van der Waals surface area contributed by atoms with E-state index in [0.717, 1.165) is 34.8 Å². The van der Waals surface area contributed by atoms with Gasteiger partial charge in [0.2, 0.25) is 5.91 Å². The predicted octanol–water partition coefficient (Wildman–Crippen LogP) is 5.28. The number of benzene rings is 3. The first-order chi connectivity index (χ1) is 28.1. The largest absolute Gasteiger partial charge is 0.495 e. The summed E-state index contributed by atoms with van der Waals surface area (Å²) >= 11 is 9.67. The molecule has 2 saturated heterocycles. The molecule has 0 aromatic heterocycles. The molecule has 0 bridgehead atoms. The van der Waals surface area contributed by atoms with Crippen molar-refractivity contribution in [1.29, 1.82) is 0 Å². The van der Waals surface area contributed by atoms with Crippen LogP contribution in [0.2, 0.25) is 5.02 Å². The van der Waals surface area contributed by atoms with Crippen molar-refractivity contribution in [2.24, 2.45) is 0 Å². The molecule has 312 valence electrons. The number of halogens is 1. The molecule has 0 saturated carbocycles. The van der Waals surface area contributed by atoms with E-state index in [-0.39, 0.29) is 65.1 Å². The van der Waals surface area contributed by atoms with Gasteiger partial charge in [0.25, 0.3) is 17.5 Å². The number of non-ortho nitro benzene ring substituents is 1. The molecule has 58 heavy (non-hydrogen) atoms. The van der Waals surface area contributed by atoms with Gasteiger partial charge < -0.3 is 45.5 Å². The molecule has 3 aromatic rings. The van der Waals surface area contributed by atoms with Crippen LogP contribution in [0.4, 0.5) is 16.2 Å². The van der Waals surface area contributed by atoms with Crippen molar-refractivity contribution in [3.05, 3.63) is 86.9 Å². The van der Waals surface area contributed by atoms with Crippen molar-refractivity contribution in [3.8, 4) is 5.75 Å². The maximum atomic E-state index is 13.1. The highest BCUT2D eigenvalue weighted by molar-refractivity contribution is 8.00. The summed E-state index contributed by atoms with van der Waals surface area (Å²) in [7, 11) is 1.43. The second-order valence-electron chi connectivity index (χ2n) is 13.2. The lowest BCUT2D eigenvalue weighted by atomic mass is 10.0. The molecule has 2 fully saturated rings.